The van der Waals surface area contributed by atoms with E-state index >= 15 is 0 Å². The second kappa shape index (κ2) is 5.68. The molecule has 0 spiro atoms. The van der Waals surface area contributed by atoms with Crippen LogP contribution in [-0.2, 0) is 0 Å². The third-order valence-corrected chi connectivity index (χ3v) is 4.53. The molecular weight excluding hydrogens is 210 g/mol. The molecule has 0 aromatic rings. The predicted octanol–water partition coefficient (Wildman–Crippen LogP) is 1.54. The van der Waals surface area contributed by atoms with Gasteiger partial charge in [0, 0.05) is 37.8 Å². The van der Waals surface area contributed by atoms with E-state index in [0.717, 1.165) is 19.1 Å². The van der Waals surface area contributed by atoms with Crippen molar-refractivity contribution in [3.63, 3.8) is 0 Å². The highest BCUT2D eigenvalue weighted by Gasteiger charge is 2.31. The summed E-state index contributed by atoms with van der Waals surface area (Å²) in [6.07, 6.45) is 4.10. The molecule has 1 unspecified atom stereocenters. The number of nitrogens with one attached hydrogen (secondary N) is 1. The first-order valence-corrected chi connectivity index (χ1v) is 7.29. The zero-order valence-corrected chi connectivity index (χ0v) is 11.8. The van der Waals surface area contributed by atoms with Crippen molar-refractivity contribution in [1.29, 1.82) is 0 Å². The lowest BCUT2D eigenvalue weighted by Gasteiger charge is -2.43. The van der Waals surface area contributed by atoms with Gasteiger partial charge >= 0.3 is 0 Å². The summed E-state index contributed by atoms with van der Waals surface area (Å²) < 4.78 is 0. The Morgan fingerprint density at radius 1 is 1.06 bits per heavy atom. The minimum Gasteiger partial charge on any atom is -0.314 e. The van der Waals surface area contributed by atoms with Gasteiger partial charge < -0.3 is 10.2 Å². The van der Waals surface area contributed by atoms with Gasteiger partial charge in [0.1, 0.15) is 0 Å². The van der Waals surface area contributed by atoms with Crippen molar-refractivity contribution in [3.05, 3.63) is 0 Å². The third-order valence-electron chi connectivity index (χ3n) is 4.53. The third kappa shape index (κ3) is 3.43. The van der Waals surface area contributed by atoms with Crippen LogP contribution in [0.2, 0.25) is 0 Å². The van der Waals surface area contributed by atoms with E-state index in [9.17, 15) is 0 Å². The van der Waals surface area contributed by atoms with Crippen LogP contribution in [0.4, 0.5) is 0 Å². The van der Waals surface area contributed by atoms with E-state index in [0.29, 0.717) is 5.54 Å². The molecular formula is C14H29N3. The van der Waals surface area contributed by atoms with Gasteiger partial charge in [0.05, 0.1) is 0 Å². The van der Waals surface area contributed by atoms with E-state index in [1.165, 1.54) is 45.4 Å². The highest BCUT2D eigenvalue weighted by molar-refractivity contribution is 4.89. The molecule has 3 heteroatoms. The minimum atomic E-state index is 0.351. The molecule has 0 aromatic heterocycles. The van der Waals surface area contributed by atoms with Gasteiger partial charge in [-0.05, 0) is 53.1 Å². The van der Waals surface area contributed by atoms with E-state index in [2.05, 4.69) is 35.9 Å². The fraction of sp³-hybridized carbons (Fsp3) is 1.00. The molecule has 0 radical (unpaired) electrons. The molecule has 2 heterocycles. The van der Waals surface area contributed by atoms with Gasteiger partial charge in [-0.1, -0.05) is 0 Å². The van der Waals surface area contributed by atoms with Crippen molar-refractivity contribution in [2.45, 2.75) is 51.6 Å². The average molecular weight is 239 g/mol. The summed E-state index contributed by atoms with van der Waals surface area (Å²) in [4.78, 5) is 5.33. The summed E-state index contributed by atoms with van der Waals surface area (Å²) >= 11 is 0. The lowest BCUT2D eigenvalue weighted by molar-refractivity contribution is 0.0688. The number of likely N-dealkylation sites (tertiary alicyclic amines) is 1. The normalized spacial score (nSPS) is 26.3. The smallest absolute Gasteiger partial charge is 0.0169 e. The molecule has 17 heavy (non-hydrogen) atoms. The Morgan fingerprint density at radius 3 is 2.24 bits per heavy atom. The van der Waals surface area contributed by atoms with E-state index in [1.54, 1.807) is 0 Å². The van der Waals surface area contributed by atoms with Crippen LogP contribution in [0.5, 0.6) is 0 Å². The van der Waals surface area contributed by atoms with Gasteiger partial charge in [0.25, 0.3) is 0 Å². The van der Waals surface area contributed by atoms with E-state index in [1.807, 2.05) is 0 Å². The summed E-state index contributed by atoms with van der Waals surface area (Å²) in [7, 11) is 0. The summed E-state index contributed by atoms with van der Waals surface area (Å²) in [5.41, 5.74) is 0.351. The Bertz CT molecular complexity index is 228. The summed E-state index contributed by atoms with van der Waals surface area (Å²) in [6.45, 7) is 14.6. The van der Waals surface area contributed by atoms with Crippen molar-refractivity contribution in [1.82, 2.24) is 15.1 Å². The molecule has 0 amide bonds. The maximum atomic E-state index is 3.44. The summed E-state index contributed by atoms with van der Waals surface area (Å²) in [5, 5.41) is 3.44. The highest BCUT2D eigenvalue weighted by Crippen LogP contribution is 2.25. The van der Waals surface area contributed by atoms with Crippen LogP contribution in [-0.4, -0.2) is 60.6 Å². The van der Waals surface area contributed by atoms with Crippen LogP contribution in [0.15, 0.2) is 0 Å². The van der Waals surface area contributed by atoms with Crippen LogP contribution in [0.1, 0.15) is 40.0 Å². The van der Waals surface area contributed by atoms with Crippen molar-refractivity contribution in [2.24, 2.45) is 0 Å². The Balaban J connectivity index is 1.86. The fourth-order valence-electron chi connectivity index (χ4n) is 3.43. The lowest BCUT2D eigenvalue weighted by Crippen LogP contribution is -2.55. The number of rotatable bonds is 4. The average Bonchev–Trinajstić information content (AvgIpc) is 2.83. The molecule has 100 valence electrons. The molecule has 1 N–H and O–H groups in total. The van der Waals surface area contributed by atoms with E-state index in [4.69, 9.17) is 0 Å². The number of hydrogen-bond donors (Lipinski definition) is 1. The van der Waals surface area contributed by atoms with E-state index in [-0.39, 0.29) is 0 Å². The van der Waals surface area contributed by atoms with Gasteiger partial charge in [-0.15, -0.1) is 0 Å². The van der Waals surface area contributed by atoms with Crippen molar-refractivity contribution in [3.8, 4) is 0 Å². The summed E-state index contributed by atoms with van der Waals surface area (Å²) in [6, 6.07) is 0.738. The lowest BCUT2D eigenvalue weighted by atomic mass is 9.92. The molecule has 2 rings (SSSR count). The number of piperazine rings is 1. The van der Waals surface area contributed by atoms with Crippen LogP contribution in [0.3, 0.4) is 0 Å². The second-order valence-corrected chi connectivity index (χ2v) is 6.35. The molecule has 1 atom stereocenters. The predicted molar refractivity (Wildman–Crippen MR) is 73.4 cm³/mol. The number of hydrogen-bond acceptors (Lipinski definition) is 3. The zero-order valence-electron chi connectivity index (χ0n) is 11.8. The topological polar surface area (TPSA) is 18.5 Å². The van der Waals surface area contributed by atoms with Gasteiger partial charge in [0.2, 0.25) is 0 Å². The van der Waals surface area contributed by atoms with Crippen LogP contribution >= 0.6 is 0 Å². The molecule has 2 aliphatic heterocycles. The first-order chi connectivity index (χ1) is 8.09. The maximum Gasteiger partial charge on any atom is 0.0169 e. The molecule has 2 aliphatic rings. The highest BCUT2D eigenvalue weighted by atomic mass is 15.2. The van der Waals surface area contributed by atoms with Crippen molar-refractivity contribution >= 4 is 0 Å². The molecule has 0 aromatic carbocycles. The monoisotopic (exact) mass is 239 g/mol. The SMILES string of the molecule is CC(CC(C)(C)N1CCNCC1)N1CCCC1. The molecule has 0 saturated carbocycles. The van der Waals surface area contributed by atoms with Crippen molar-refractivity contribution < 1.29 is 0 Å². The molecule has 3 nitrogen and oxygen atoms in total. The van der Waals surface area contributed by atoms with Crippen LogP contribution in [0.25, 0.3) is 0 Å². The first-order valence-electron chi connectivity index (χ1n) is 7.29. The molecule has 0 aliphatic carbocycles. The van der Waals surface area contributed by atoms with Gasteiger partial charge in [-0.2, -0.15) is 0 Å². The standard InChI is InChI=1S/C14H29N3/c1-13(16-8-4-5-9-16)12-14(2,3)17-10-6-15-7-11-17/h13,15H,4-12H2,1-3H3. The van der Waals surface area contributed by atoms with Crippen LogP contribution < -0.4 is 5.32 Å². The Morgan fingerprint density at radius 2 is 1.65 bits per heavy atom. The zero-order chi connectivity index (χ0) is 12.3. The van der Waals surface area contributed by atoms with Gasteiger partial charge in [-0.3, -0.25) is 4.90 Å². The molecule has 2 saturated heterocycles. The number of nitrogens with zero attached hydrogens (tertiary/aromatic N) is 2. The fourth-order valence-corrected chi connectivity index (χ4v) is 3.43. The maximum absolute atomic E-state index is 3.44. The molecule has 2 fully saturated rings. The Kier molecular flexibility index (Phi) is 4.45. The first kappa shape index (κ1) is 13.3. The second-order valence-electron chi connectivity index (χ2n) is 6.35. The van der Waals surface area contributed by atoms with E-state index < -0.39 is 0 Å². The quantitative estimate of drug-likeness (QED) is 0.803. The van der Waals surface area contributed by atoms with Gasteiger partial charge in [0.15, 0.2) is 0 Å². The van der Waals surface area contributed by atoms with Crippen molar-refractivity contribution in [2.75, 3.05) is 39.3 Å². The minimum absolute atomic E-state index is 0.351. The van der Waals surface area contributed by atoms with Gasteiger partial charge in [-0.25, -0.2) is 0 Å². The largest absolute Gasteiger partial charge is 0.314 e. The van der Waals surface area contributed by atoms with Crippen LogP contribution in [0, 0.1) is 0 Å². The Hall–Kier alpha value is -0.120. The Labute approximate surface area is 107 Å². The molecule has 0 bridgehead atoms. The summed E-state index contributed by atoms with van der Waals surface area (Å²) in [5.74, 6) is 0.